The van der Waals surface area contributed by atoms with Gasteiger partial charge in [-0.2, -0.15) is 0 Å². The Morgan fingerprint density at radius 2 is 1.57 bits per heavy atom. The van der Waals surface area contributed by atoms with Crippen LogP contribution in [0.25, 0.3) is 0 Å². The van der Waals surface area contributed by atoms with E-state index in [1.165, 1.54) is 18.2 Å². The summed E-state index contributed by atoms with van der Waals surface area (Å²) in [5, 5.41) is 6.63. The normalized spacial score (nSPS) is 11.2. The Morgan fingerprint density at radius 3 is 2.22 bits per heavy atom. The average molecular weight is 500 g/mol. The van der Waals surface area contributed by atoms with Gasteiger partial charge in [-0.1, -0.05) is 80.5 Å². The topological polar surface area (TPSA) is 75.4 Å². The van der Waals surface area contributed by atoms with E-state index in [0.717, 1.165) is 16.7 Å². The Kier molecular flexibility index (Phi) is 7.82. The van der Waals surface area contributed by atoms with Gasteiger partial charge in [0.25, 0.3) is 11.8 Å². The number of aromatic nitrogens is 1. The van der Waals surface area contributed by atoms with Gasteiger partial charge in [-0.15, -0.1) is 0 Å². The van der Waals surface area contributed by atoms with E-state index < -0.39 is 5.91 Å². The molecule has 6 nitrogen and oxygen atoms in total. The molecule has 1 heterocycles. The Balaban J connectivity index is 1.48. The molecule has 0 spiro atoms. The van der Waals surface area contributed by atoms with Crippen LogP contribution in [-0.2, 0) is 25.0 Å². The molecular formula is C30H30FN3O3. The Labute approximate surface area is 216 Å². The quantitative estimate of drug-likeness (QED) is 0.328. The van der Waals surface area contributed by atoms with Gasteiger partial charge in [-0.3, -0.25) is 9.59 Å². The molecule has 7 heteroatoms. The number of carbonyl (C=O) groups excluding carboxylic acids is 2. The van der Waals surface area contributed by atoms with Crippen LogP contribution in [0, 0.1) is 5.82 Å². The Morgan fingerprint density at radius 1 is 0.892 bits per heavy atom. The lowest BCUT2D eigenvalue weighted by Crippen LogP contribution is -2.30. The summed E-state index contributed by atoms with van der Waals surface area (Å²) in [4.78, 5) is 27.7. The van der Waals surface area contributed by atoms with Crippen LogP contribution >= 0.6 is 0 Å². The molecule has 0 fully saturated rings. The van der Waals surface area contributed by atoms with Crippen molar-refractivity contribution >= 4 is 11.8 Å². The molecule has 0 unspecified atom stereocenters. The molecule has 0 bridgehead atoms. The Bertz CT molecular complexity index is 1340. The number of hydrogen-bond acceptors (Lipinski definition) is 4. The predicted octanol–water partition coefficient (Wildman–Crippen LogP) is 5.88. The van der Waals surface area contributed by atoms with E-state index in [1.54, 1.807) is 17.0 Å². The van der Waals surface area contributed by atoms with Crippen LogP contribution in [0.4, 0.5) is 4.39 Å². The zero-order valence-corrected chi connectivity index (χ0v) is 21.2. The molecule has 0 aliphatic carbocycles. The van der Waals surface area contributed by atoms with Crippen molar-refractivity contribution in [2.75, 3.05) is 0 Å². The maximum absolute atomic E-state index is 13.5. The maximum Gasteiger partial charge on any atom is 0.273 e. The van der Waals surface area contributed by atoms with E-state index in [0.29, 0.717) is 17.9 Å². The molecule has 0 atom stereocenters. The molecule has 1 N–H and O–H groups in total. The van der Waals surface area contributed by atoms with Gasteiger partial charge >= 0.3 is 0 Å². The third kappa shape index (κ3) is 6.91. The van der Waals surface area contributed by atoms with Crippen LogP contribution in [0.2, 0.25) is 0 Å². The van der Waals surface area contributed by atoms with Gasteiger partial charge in [0.05, 0.1) is 6.54 Å². The van der Waals surface area contributed by atoms with Crippen LogP contribution in [0.1, 0.15) is 64.1 Å². The fourth-order valence-electron chi connectivity index (χ4n) is 3.86. The molecule has 4 aromatic rings. The molecule has 4 rings (SSSR count). The number of nitrogens with zero attached hydrogens (tertiary/aromatic N) is 2. The molecule has 3 aromatic carbocycles. The second kappa shape index (κ2) is 11.2. The second-order valence-corrected chi connectivity index (χ2v) is 9.96. The van der Waals surface area contributed by atoms with Crippen LogP contribution in [-0.4, -0.2) is 21.9 Å². The van der Waals surface area contributed by atoms with E-state index >= 15 is 0 Å². The summed E-state index contributed by atoms with van der Waals surface area (Å²) < 4.78 is 18.5. The lowest BCUT2D eigenvalue weighted by molar-refractivity contribution is 0.0713. The summed E-state index contributed by atoms with van der Waals surface area (Å²) in [6, 6.07) is 24.7. The third-order valence-corrected chi connectivity index (χ3v) is 6.01. The van der Waals surface area contributed by atoms with Crippen LogP contribution in [0.15, 0.2) is 89.5 Å². The predicted molar refractivity (Wildman–Crippen MR) is 139 cm³/mol. The Hall–Kier alpha value is -4.26. The highest BCUT2D eigenvalue weighted by molar-refractivity contribution is 5.94. The lowest BCUT2D eigenvalue weighted by Gasteiger charge is -2.23. The zero-order valence-electron chi connectivity index (χ0n) is 21.2. The molecule has 2 amide bonds. The number of nitrogens with one attached hydrogen (secondary N) is 1. The van der Waals surface area contributed by atoms with Crippen molar-refractivity contribution < 1.29 is 18.5 Å². The zero-order chi connectivity index (χ0) is 26.4. The smallest absolute Gasteiger partial charge is 0.273 e. The molecule has 0 aliphatic rings. The van der Waals surface area contributed by atoms with Crippen LogP contribution < -0.4 is 5.32 Å². The van der Waals surface area contributed by atoms with Crippen molar-refractivity contribution in [1.29, 1.82) is 0 Å². The van der Waals surface area contributed by atoms with E-state index in [9.17, 15) is 14.0 Å². The first kappa shape index (κ1) is 25.8. The van der Waals surface area contributed by atoms with Crippen LogP contribution in [0.5, 0.6) is 0 Å². The highest BCUT2D eigenvalue weighted by Crippen LogP contribution is 2.23. The summed E-state index contributed by atoms with van der Waals surface area (Å²) in [6.45, 7) is 7.12. The fourth-order valence-corrected chi connectivity index (χ4v) is 3.86. The number of benzene rings is 3. The highest BCUT2D eigenvalue weighted by Gasteiger charge is 2.21. The van der Waals surface area contributed by atoms with Crippen molar-refractivity contribution in [3.8, 4) is 0 Å². The van der Waals surface area contributed by atoms with Crippen molar-refractivity contribution in [2.24, 2.45) is 0 Å². The van der Waals surface area contributed by atoms with Gasteiger partial charge in [0.2, 0.25) is 0 Å². The SMILES string of the molecule is CC(C)(C)c1ccc(C(=O)N(Cc2ccccc2)Cc2cc(C(=O)NCc3ccc(F)cc3)no2)cc1. The second-order valence-electron chi connectivity index (χ2n) is 9.96. The van der Waals surface area contributed by atoms with Crippen molar-refractivity contribution in [2.45, 2.75) is 45.8 Å². The third-order valence-electron chi connectivity index (χ3n) is 6.01. The minimum absolute atomic E-state index is 0.0151. The molecule has 0 saturated carbocycles. The first-order valence-electron chi connectivity index (χ1n) is 12.1. The average Bonchev–Trinajstić information content (AvgIpc) is 3.36. The number of halogens is 1. The summed E-state index contributed by atoms with van der Waals surface area (Å²) in [5.74, 6) is -0.514. The van der Waals surface area contributed by atoms with E-state index in [2.05, 4.69) is 31.2 Å². The van der Waals surface area contributed by atoms with E-state index in [4.69, 9.17) is 4.52 Å². The molecule has 37 heavy (non-hydrogen) atoms. The fraction of sp³-hybridized carbons (Fsp3) is 0.233. The van der Waals surface area contributed by atoms with Crippen molar-refractivity contribution in [3.05, 3.63) is 124 Å². The number of carbonyl (C=O) groups is 2. The van der Waals surface area contributed by atoms with Gasteiger partial charge in [-0.25, -0.2) is 4.39 Å². The summed E-state index contributed by atoms with van der Waals surface area (Å²) in [5.41, 5.74) is 3.54. The lowest BCUT2D eigenvalue weighted by atomic mass is 9.86. The summed E-state index contributed by atoms with van der Waals surface area (Å²) in [7, 11) is 0. The van der Waals surface area contributed by atoms with E-state index in [-0.39, 0.29) is 35.9 Å². The van der Waals surface area contributed by atoms with Gasteiger partial charge in [0, 0.05) is 24.7 Å². The molecule has 0 aliphatic heterocycles. The standard InChI is InChI=1S/C30H30FN3O3/c1-30(2,3)24-13-11-23(12-14-24)29(36)34(19-22-7-5-4-6-8-22)20-26-17-27(33-37-26)28(35)32-18-21-9-15-25(31)16-10-21/h4-17H,18-20H2,1-3H3,(H,32,35). The first-order valence-corrected chi connectivity index (χ1v) is 12.1. The van der Waals surface area contributed by atoms with Crippen molar-refractivity contribution in [3.63, 3.8) is 0 Å². The van der Waals surface area contributed by atoms with Crippen molar-refractivity contribution in [1.82, 2.24) is 15.4 Å². The summed E-state index contributed by atoms with van der Waals surface area (Å²) >= 11 is 0. The largest absolute Gasteiger partial charge is 0.359 e. The van der Waals surface area contributed by atoms with Gasteiger partial charge < -0.3 is 14.7 Å². The summed E-state index contributed by atoms with van der Waals surface area (Å²) in [6.07, 6.45) is 0. The van der Waals surface area contributed by atoms with Gasteiger partial charge in [0.15, 0.2) is 11.5 Å². The number of rotatable bonds is 8. The molecule has 190 valence electrons. The number of amides is 2. The first-order chi connectivity index (χ1) is 17.7. The highest BCUT2D eigenvalue weighted by atomic mass is 19.1. The van der Waals surface area contributed by atoms with Crippen LogP contribution in [0.3, 0.4) is 0 Å². The van der Waals surface area contributed by atoms with Gasteiger partial charge in [0.1, 0.15) is 5.82 Å². The number of hydrogen-bond donors (Lipinski definition) is 1. The minimum atomic E-state index is -0.418. The monoisotopic (exact) mass is 499 g/mol. The van der Waals surface area contributed by atoms with E-state index in [1.807, 2.05) is 54.6 Å². The van der Waals surface area contributed by atoms with Gasteiger partial charge in [-0.05, 0) is 46.4 Å². The molecule has 0 saturated heterocycles. The molecule has 0 radical (unpaired) electrons. The minimum Gasteiger partial charge on any atom is -0.359 e. The molecule has 1 aromatic heterocycles. The molecular weight excluding hydrogens is 469 g/mol. The maximum atomic E-state index is 13.5.